The molecule has 1 aliphatic carbocycles. The van der Waals surface area contributed by atoms with Crippen molar-refractivity contribution in [3.63, 3.8) is 0 Å². The molecule has 0 radical (unpaired) electrons. The average Bonchev–Trinajstić information content (AvgIpc) is 2.76. The minimum absolute atomic E-state index is 0.110. The largest absolute Gasteiger partial charge is 0.396 e. The first kappa shape index (κ1) is 15.1. The monoisotopic (exact) mass is 343 g/mol. The van der Waals surface area contributed by atoms with Gasteiger partial charge in [0.05, 0.1) is 16.7 Å². The Kier molecular flexibility index (Phi) is 4.14. The molecule has 0 saturated heterocycles. The van der Waals surface area contributed by atoms with Gasteiger partial charge in [-0.25, -0.2) is 0 Å². The molecule has 2 aromatic rings. The van der Waals surface area contributed by atoms with E-state index < -0.39 is 0 Å². The summed E-state index contributed by atoms with van der Waals surface area (Å²) in [6.45, 7) is 0.597. The van der Waals surface area contributed by atoms with Gasteiger partial charge in [-0.05, 0) is 25.0 Å². The molecule has 1 aliphatic rings. The van der Waals surface area contributed by atoms with E-state index in [1.54, 1.807) is 6.07 Å². The van der Waals surface area contributed by atoms with Crippen LogP contribution in [0.15, 0.2) is 18.2 Å². The summed E-state index contributed by atoms with van der Waals surface area (Å²) < 4.78 is 0.901. The molecule has 3 rings (SSSR count). The van der Waals surface area contributed by atoms with Crippen molar-refractivity contribution in [1.29, 1.82) is 0 Å². The number of aliphatic hydroxyl groups is 1. The Morgan fingerprint density at radius 1 is 1.38 bits per heavy atom. The number of hydrogen-bond donors (Lipinski definition) is 2. The van der Waals surface area contributed by atoms with E-state index in [0.717, 1.165) is 29.3 Å². The third kappa shape index (κ3) is 2.66. The van der Waals surface area contributed by atoms with E-state index in [0.29, 0.717) is 21.5 Å². The number of aliphatic hydroxyl groups excluding tert-OH is 1. The predicted molar refractivity (Wildman–Crippen MR) is 87.5 cm³/mol. The van der Waals surface area contributed by atoms with E-state index in [1.807, 2.05) is 12.1 Å². The summed E-state index contributed by atoms with van der Waals surface area (Å²) in [7, 11) is 0. The lowest BCUT2D eigenvalue weighted by Gasteiger charge is -2.40. The summed E-state index contributed by atoms with van der Waals surface area (Å²) >= 11 is 13.8. The average molecular weight is 344 g/mol. The molecule has 1 fully saturated rings. The van der Waals surface area contributed by atoms with Gasteiger partial charge in [-0.1, -0.05) is 35.7 Å². The van der Waals surface area contributed by atoms with Crippen LogP contribution in [0, 0.1) is 5.41 Å². The van der Waals surface area contributed by atoms with Crippen LogP contribution in [0.4, 0.5) is 0 Å². The maximum atomic E-state index is 12.3. The van der Waals surface area contributed by atoms with Crippen LogP contribution < -0.4 is 5.32 Å². The molecule has 1 aromatic heterocycles. The molecule has 0 spiro atoms. The van der Waals surface area contributed by atoms with Crippen molar-refractivity contribution in [3.05, 3.63) is 33.1 Å². The molecule has 0 unspecified atom stereocenters. The molecule has 1 heterocycles. The van der Waals surface area contributed by atoms with Gasteiger partial charge < -0.3 is 10.4 Å². The van der Waals surface area contributed by atoms with E-state index in [9.17, 15) is 9.90 Å². The zero-order valence-electron chi connectivity index (χ0n) is 11.3. The van der Waals surface area contributed by atoms with Crippen LogP contribution in [0.3, 0.4) is 0 Å². The number of halogens is 2. The fraction of sp³-hybridized carbons (Fsp3) is 0.400. The Bertz CT molecular complexity index is 689. The summed E-state index contributed by atoms with van der Waals surface area (Å²) in [5.74, 6) is -0.197. The van der Waals surface area contributed by atoms with Crippen LogP contribution in [0.5, 0.6) is 0 Å². The molecule has 1 aromatic carbocycles. The smallest absolute Gasteiger partial charge is 0.262 e. The Hall–Kier alpha value is -0.810. The van der Waals surface area contributed by atoms with Crippen molar-refractivity contribution >= 4 is 50.5 Å². The van der Waals surface area contributed by atoms with Crippen molar-refractivity contribution in [2.45, 2.75) is 19.3 Å². The van der Waals surface area contributed by atoms with Crippen LogP contribution in [0.1, 0.15) is 28.9 Å². The molecule has 3 nitrogen and oxygen atoms in total. The van der Waals surface area contributed by atoms with Crippen molar-refractivity contribution in [2.75, 3.05) is 13.2 Å². The Balaban J connectivity index is 1.82. The number of thiophene rings is 1. The minimum atomic E-state index is -0.197. The van der Waals surface area contributed by atoms with Gasteiger partial charge in [-0.3, -0.25) is 4.79 Å². The second-order valence-electron chi connectivity index (χ2n) is 5.55. The van der Waals surface area contributed by atoms with Crippen LogP contribution in [0.2, 0.25) is 10.0 Å². The van der Waals surface area contributed by atoms with Crippen LogP contribution in [-0.4, -0.2) is 24.2 Å². The number of hydrogen-bond acceptors (Lipinski definition) is 3. The second-order valence-corrected chi connectivity index (χ2v) is 7.39. The highest BCUT2D eigenvalue weighted by atomic mass is 35.5. The lowest BCUT2D eigenvalue weighted by Crippen LogP contribution is -2.44. The van der Waals surface area contributed by atoms with Gasteiger partial charge in [0.15, 0.2) is 0 Å². The number of rotatable bonds is 4. The molecule has 112 valence electrons. The zero-order chi connectivity index (χ0) is 15.0. The zero-order valence-corrected chi connectivity index (χ0v) is 13.6. The minimum Gasteiger partial charge on any atom is -0.396 e. The summed E-state index contributed by atoms with van der Waals surface area (Å²) in [5.41, 5.74) is -0.142. The van der Waals surface area contributed by atoms with E-state index in [4.69, 9.17) is 23.2 Å². The summed E-state index contributed by atoms with van der Waals surface area (Å²) in [5, 5.41) is 14.0. The summed E-state index contributed by atoms with van der Waals surface area (Å²) in [6.07, 6.45) is 3.02. The first-order chi connectivity index (χ1) is 10.1. The number of nitrogens with one attached hydrogen (secondary N) is 1. The van der Waals surface area contributed by atoms with Crippen LogP contribution in [-0.2, 0) is 0 Å². The van der Waals surface area contributed by atoms with Crippen LogP contribution in [0.25, 0.3) is 10.1 Å². The fourth-order valence-electron chi connectivity index (χ4n) is 2.63. The standard InChI is InChI=1S/C15H15Cl2NO2S/c16-9-3-1-4-10-11(9)12(17)13(21-10)14(20)18-7-15(8-19)5-2-6-15/h1,3-4,19H,2,5-8H2,(H,18,20). The van der Waals surface area contributed by atoms with Crippen molar-refractivity contribution in [3.8, 4) is 0 Å². The van der Waals surface area contributed by atoms with E-state index in [1.165, 1.54) is 11.3 Å². The fourth-order valence-corrected chi connectivity index (χ4v) is 4.50. The van der Waals surface area contributed by atoms with Crippen LogP contribution >= 0.6 is 34.5 Å². The third-order valence-corrected chi connectivity index (χ3v) is 6.14. The molecular weight excluding hydrogens is 329 g/mol. The van der Waals surface area contributed by atoms with Gasteiger partial charge in [0, 0.05) is 22.0 Å². The predicted octanol–water partition coefficient (Wildman–Crippen LogP) is 4.10. The normalized spacial score (nSPS) is 16.7. The lowest BCUT2D eigenvalue weighted by molar-refractivity contribution is 0.0430. The van der Waals surface area contributed by atoms with E-state index >= 15 is 0 Å². The number of benzene rings is 1. The lowest BCUT2D eigenvalue weighted by atomic mass is 9.69. The Morgan fingerprint density at radius 2 is 2.14 bits per heavy atom. The van der Waals surface area contributed by atoms with Gasteiger partial charge >= 0.3 is 0 Å². The molecule has 0 bridgehead atoms. The van der Waals surface area contributed by atoms with Gasteiger partial charge in [0.25, 0.3) is 5.91 Å². The number of fused-ring (bicyclic) bond motifs is 1. The molecule has 2 N–H and O–H groups in total. The Morgan fingerprint density at radius 3 is 2.71 bits per heavy atom. The highest BCUT2D eigenvalue weighted by molar-refractivity contribution is 7.21. The summed E-state index contributed by atoms with van der Waals surface area (Å²) in [6, 6.07) is 5.50. The van der Waals surface area contributed by atoms with Crippen molar-refractivity contribution in [1.82, 2.24) is 5.32 Å². The molecular formula is C15H15Cl2NO2S. The maximum Gasteiger partial charge on any atom is 0.262 e. The second kappa shape index (κ2) is 5.76. The molecule has 21 heavy (non-hydrogen) atoms. The molecule has 1 saturated carbocycles. The van der Waals surface area contributed by atoms with Gasteiger partial charge in [-0.15, -0.1) is 11.3 Å². The molecule has 1 amide bonds. The highest BCUT2D eigenvalue weighted by Crippen LogP contribution is 2.41. The topological polar surface area (TPSA) is 49.3 Å². The summed E-state index contributed by atoms with van der Waals surface area (Å²) in [4.78, 5) is 12.8. The molecule has 6 heteroatoms. The number of amides is 1. The third-order valence-electron chi connectivity index (χ3n) is 4.19. The van der Waals surface area contributed by atoms with E-state index in [-0.39, 0.29) is 17.9 Å². The molecule has 0 atom stereocenters. The van der Waals surface area contributed by atoms with Gasteiger partial charge in [-0.2, -0.15) is 0 Å². The number of carbonyl (C=O) groups is 1. The maximum absolute atomic E-state index is 12.3. The van der Waals surface area contributed by atoms with Crippen molar-refractivity contribution in [2.24, 2.45) is 5.41 Å². The van der Waals surface area contributed by atoms with E-state index in [2.05, 4.69) is 5.32 Å². The quantitative estimate of drug-likeness (QED) is 0.877. The SMILES string of the molecule is O=C(NCC1(CO)CCC1)c1sc2cccc(Cl)c2c1Cl. The first-order valence-corrected chi connectivity index (χ1v) is 8.39. The van der Waals surface area contributed by atoms with Gasteiger partial charge in [0.2, 0.25) is 0 Å². The number of carbonyl (C=O) groups excluding carboxylic acids is 1. The highest BCUT2D eigenvalue weighted by Gasteiger charge is 2.36. The first-order valence-electron chi connectivity index (χ1n) is 6.82. The van der Waals surface area contributed by atoms with Gasteiger partial charge in [0.1, 0.15) is 4.88 Å². The molecule has 0 aliphatic heterocycles. The van der Waals surface area contributed by atoms with Crippen molar-refractivity contribution < 1.29 is 9.90 Å². The Labute approximate surface area is 136 Å².